The van der Waals surface area contributed by atoms with E-state index in [1.54, 1.807) is 0 Å². The summed E-state index contributed by atoms with van der Waals surface area (Å²) >= 11 is 0. The van der Waals surface area contributed by atoms with Crippen LogP contribution in [0.4, 0.5) is 18.9 Å². The van der Waals surface area contributed by atoms with Gasteiger partial charge < -0.3 is 9.47 Å². The van der Waals surface area contributed by atoms with Gasteiger partial charge >= 0.3 is 5.69 Å². The molecule has 10 heteroatoms. The highest BCUT2D eigenvalue weighted by atomic mass is 19.2. The monoisotopic (exact) mass is 365 g/mol. The van der Waals surface area contributed by atoms with Crippen LogP contribution in [0.1, 0.15) is 5.56 Å². The summed E-state index contributed by atoms with van der Waals surface area (Å²) in [6, 6.07) is 2.47. The molecule has 0 amide bonds. The summed E-state index contributed by atoms with van der Waals surface area (Å²) in [4.78, 5) is 17.8. The lowest BCUT2D eigenvalue weighted by Gasteiger charge is -2.12. The first-order chi connectivity index (χ1) is 12.4. The van der Waals surface area contributed by atoms with Gasteiger partial charge in [-0.3, -0.25) is 20.1 Å². The number of aromatic nitrogens is 2. The topological polar surface area (TPSA) is 87.4 Å². The van der Waals surface area contributed by atoms with Crippen molar-refractivity contribution in [2.45, 2.75) is 6.61 Å². The largest absolute Gasteiger partial charge is 0.493 e. The first-order valence-electron chi connectivity index (χ1n) is 7.14. The summed E-state index contributed by atoms with van der Waals surface area (Å²) in [5.41, 5.74) is -0.892. The Labute approximate surface area is 144 Å². The predicted molar refractivity (Wildman–Crippen MR) is 83.4 cm³/mol. The van der Waals surface area contributed by atoms with E-state index >= 15 is 0 Å². The van der Waals surface area contributed by atoms with E-state index in [-0.39, 0.29) is 28.1 Å². The van der Waals surface area contributed by atoms with Crippen LogP contribution in [0.2, 0.25) is 0 Å². The summed E-state index contributed by atoms with van der Waals surface area (Å²) in [6.07, 6.45) is 2.61. The Morgan fingerprint density at radius 3 is 2.50 bits per heavy atom. The molecule has 0 aliphatic heterocycles. The van der Waals surface area contributed by atoms with Gasteiger partial charge in [0.05, 0.1) is 34.7 Å². The Balaban J connectivity index is 2.02. The quantitative estimate of drug-likeness (QED) is 0.508. The van der Waals surface area contributed by atoms with Crippen molar-refractivity contribution in [3.63, 3.8) is 0 Å². The van der Waals surface area contributed by atoms with Crippen molar-refractivity contribution >= 4 is 16.7 Å². The second-order valence-corrected chi connectivity index (χ2v) is 5.08. The van der Waals surface area contributed by atoms with Gasteiger partial charge in [0.2, 0.25) is 5.82 Å². The molecule has 0 spiro atoms. The number of nitro benzene ring substituents is 1. The molecule has 26 heavy (non-hydrogen) atoms. The van der Waals surface area contributed by atoms with Gasteiger partial charge in [-0.05, 0) is 0 Å². The van der Waals surface area contributed by atoms with E-state index in [9.17, 15) is 23.3 Å². The average molecular weight is 365 g/mol. The minimum absolute atomic E-state index is 0.0713. The van der Waals surface area contributed by atoms with Crippen LogP contribution in [0.25, 0.3) is 11.0 Å². The zero-order valence-corrected chi connectivity index (χ0v) is 13.2. The standard InChI is InChI=1S/C16H10F3N3O4/c1-25-13-5-9(17)12(22(23)24)6-14(13)26-7-8-15(19)10(18)4-11-16(8)21-3-2-20-11/h2-6H,7H2,1H3. The van der Waals surface area contributed by atoms with Crippen molar-refractivity contribution in [2.24, 2.45) is 0 Å². The molecule has 0 unspecified atom stereocenters. The molecule has 0 aliphatic carbocycles. The van der Waals surface area contributed by atoms with Crippen LogP contribution in [0.3, 0.4) is 0 Å². The normalized spacial score (nSPS) is 10.8. The van der Waals surface area contributed by atoms with E-state index in [1.807, 2.05) is 0 Å². The van der Waals surface area contributed by atoms with Gasteiger partial charge in [0.15, 0.2) is 23.1 Å². The Hall–Kier alpha value is -3.43. The van der Waals surface area contributed by atoms with Crippen molar-refractivity contribution in [2.75, 3.05) is 7.11 Å². The lowest BCUT2D eigenvalue weighted by Crippen LogP contribution is -2.05. The molecule has 0 aliphatic rings. The molecule has 3 rings (SSSR count). The van der Waals surface area contributed by atoms with Crippen LogP contribution in [-0.2, 0) is 6.61 Å². The molecule has 7 nitrogen and oxygen atoms in total. The van der Waals surface area contributed by atoms with E-state index in [1.165, 1.54) is 19.5 Å². The SMILES string of the molecule is COc1cc(F)c([N+](=O)[O-])cc1OCc1c(F)c(F)cc2nccnc12. The average Bonchev–Trinajstić information content (AvgIpc) is 2.62. The molecule has 0 N–H and O–H groups in total. The Morgan fingerprint density at radius 1 is 1.08 bits per heavy atom. The summed E-state index contributed by atoms with van der Waals surface area (Å²) in [6.45, 7) is -0.530. The van der Waals surface area contributed by atoms with E-state index in [0.29, 0.717) is 0 Å². The van der Waals surface area contributed by atoms with Crippen molar-refractivity contribution in [1.82, 2.24) is 9.97 Å². The molecule has 0 saturated heterocycles. The van der Waals surface area contributed by atoms with Crippen LogP contribution in [0.15, 0.2) is 30.6 Å². The highest BCUT2D eigenvalue weighted by Crippen LogP contribution is 2.35. The second-order valence-electron chi connectivity index (χ2n) is 5.08. The zero-order valence-electron chi connectivity index (χ0n) is 13.2. The van der Waals surface area contributed by atoms with Crippen molar-refractivity contribution < 1.29 is 27.6 Å². The van der Waals surface area contributed by atoms with Gasteiger partial charge in [-0.15, -0.1) is 0 Å². The van der Waals surface area contributed by atoms with E-state index < -0.39 is 34.7 Å². The molecule has 0 saturated carbocycles. The number of nitro groups is 1. The molecular formula is C16H10F3N3O4. The van der Waals surface area contributed by atoms with Gasteiger partial charge in [-0.2, -0.15) is 4.39 Å². The molecule has 1 heterocycles. The fraction of sp³-hybridized carbons (Fsp3) is 0.125. The Bertz CT molecular complexity index is 1010. The Morgan fingerprint density at radius 2 is 1.81 bits per heavy atom. The second kappa shape index (κ2) is 6.82. The molecule has 3 aromatic rings. The van der Waals surface area contributed by atoms with Crippen molar-refractivity contribution in [3.05, 3.63) is 63.7 Å². The number of fused-ring (bicyclic) bond motifs is 1. The van der Waals surface area contributed by atoms with Gasteiger partial charge in [0.25, 0.3) is 0 Å². The van der Waals surface area contributed by atoms with Gasteiger partial charge in [0, 0.05) is 24.5 Å². The summed E-state index contributed by atoms with van der Waals surface area (Å²) in [5.74, 6) is -3.80. The number of hydrogen-bond donors (Lipinski definition) is 0. The number of rotatable bonds is 5. The number of benzene rings is 2. The molecule has 0 fully saturated rings. The lowest BCUT2D eigenvalue weighted by atomic mass is 10.1. The van der Waals surface area contributed by atoms with Crippen LogP contribution >= 0.6 is 0 Å². The molecule has 2 aromatic carbocycles. The number of nitrogens with zero attached hydrogens (tertiary/aromatic N) is 3. The Kier molecular flexibility index (Phi) is 4.57. The molecule has 134 valence electrons. The number of ether oxygens (including phenoxy) is 2. The maximum Gasteiger partial charge on any atom is 0.308 e. The fourth-order valence-corrected chi connectivity index (χ4v) is 2.34. The van der Waals surface area contributed by atoms with Crippen LogP contribution < -0.4 is 9.47 Å². The minimum atomic E-state index is -1.19. The molecule has 1 aromatic heterocycles. The maximum absolute atomic E-state index is 14.2. The van der Waals surface area contributed by atoms with Gasteiger partial charge in [-0.25, -0.2) is 8.78 Å². The summed E-state index contributed by atoms with van der Waals surface area (Å²) in [5, 5.41) is 10.9. The van der Waals surface area contributed by atoms with Crippen LogP contribution in [0.5, 0.6) is 11.5 Å². The maximum atomic E-state index is 14.2. The smallest absolute Gasteiger partial charge is 0.308 e. The molecular weight excluding hydrogens is 355 g/mol. The summed E-state index contributed by atoms with van der Waals surface area (Å²) in [7, 11) is 1.21. The van der Waals surface area contributed by atoms with Gasteiger partial charge in [-0.1, -0.05) is 0 Å². The molecule has 0 atom stereocenters. The van der Waals surface area contributed by atoms with Crippen LogP contribution in [-0.4, -0.2) is 22.0 Å². The van der Waals surface area contributed by atoms with Crippen molar-refractivity contribution in [1.29, 1.82) is 0 Å². The van der Waals surface area contributed by atoms with E-state index in [2.05, 4.69) is 9.97 Å². The van der Waals surface area contributed by atoms with Crippen LogP contribution in [0, 0.1) is 27.6 Å². The van der Waals surface area contributed by atoms with E-state index in [4.69, 9.17) is 9.47 Å². The molecule has 0 bridgehead atoms. The third-order valence-electron chi connectivity index (χ3n) is 3.55. The highest BCUT2D eigenvalue weighted by Gasteiger charge is 2.21. The minimum Gasteiger partial charge on any atom is -0.493 e. The number of hydrogen-bond acceptors (Lipinski definition) is 6. The first kappa shape index (κ1) is 17.4. The zero-order chi connectivity index (χ0) is 18.8. The highest BCUT2D eigenvalue weighted by molar-refractivity contribution is 5.77. The van der Waals surface area contributed by atoms with Gasteiger partial charge in [0.1, 0.15) is 6.61 Å². The number of halogens is 3. The number of methoxy groups -OCH3 is 1. The predicted octanol–water partition coefficient (Wildman–Crippen LogP) is 3.54. The third-order valence-corrected chi connectivity index (χ3v) is 3.55. The lowest BCUT2D eigenvalue weighted by molar-refractivity contribution is -0.387. The summed E-state index contributed by atoms with van der Waals surface area (Å²) < 4.78 is 51.8. The third kappa shape index (κ3) is 3.08. The van der Waals surface area contributed by atoms with E-state index in [0.717, 1.165) is 18.2 Å². The molecule has 0 radical (unpaired) electrons. The first-order valence-corrected chi connectivity index (χ1v) is 7.14. The van der Waals surface area contributed by atoms with Crippen molar-refractivity contribution in [3.8, 4) is 11.5 Å². The fourth-order valence-electron chi connectivity index (χ4n) is 2.34.